The van der Waals surface area contributed by atoms with Gasteiger partial charge in [0.15, 0.2) is 0 Å². The van der Waals surface area contributed by atoms with Crippen molar-refractivity contribution in [1.29, 1.82) is 5.41 Å². The molecule has 0 fully saturated rings. The summed E-state index contributed by atoms with van der Waals surface area (Å²) in [4.78, 5) is 2.28. The normalized spacial score (nSPS) is 17.1. The minimum atomic E-state index is 0.386. The first-order chi connectivity index (χ1) is 11.5. The quantitative estimate of drug-likeness (QED) is 0.314. The van der Waals surface area contributed by atoms with Gasteiger partial charge >= 0.3 is 0 Å². The number of nitrogens with one attached hydrogen (secondary N) is 3. The number of hydrogen-bond acceptors (Lipinski definition) is 5. The summed E-state index contributed by atoms with van der Waals surface area (Å²) in [6.45, 7) is 11.9. The minimum absolute atomic E-state index is 0.386. The molecular formula is C19H32N4S. The summed E-state index contributed by atoms with van der Waals surface area (Å²) in [5, 5.41) is 17.5. The zero-order chi connectivity index (χ0) is 17.9. The minimum Gasteiger partial charge on any atom is -0.388 e. The molecule has 0 bridgehead atoms. The molecule has 0 aromatic heterocycles. The van der Waals surface area contributed by atoms with E-state index in [1.54, 1.807) is 0 Å². The van der Waals surface area contributed by atoms with Crippen molar-refractivity contribution in [2.45, 2.75) is 46.1 Å². The summed E-state index contributed by atoms with van der Waals surface area (Å²) in [5.41, 5.74) is 1.96. The molecule has 1 aliphatic rings. The zero-order valence-electron chi connectivity index (χ0n) is 15.5. The van der Waals surface area contributed by atoms with Gasteiger partial charge in [0.05, 0.1) is 11.6 Å². The molecular weight excluding hydrogens is 316 g/mol. The molecule has 1 rings (SSSR count). The predicted molar refractivity (Wildman–Crippen MR) is 108 cm³/mol. The lowest BCUT2D eigenvalue weighted by atomic mass is 10.1. The SMILES string of the molecule is C=C(NC)/C(C)=C/SC(=N)CN(CCCC)C1=CC=CC(CC)N1. The first kappa shape index (κ1) is 20.4. The van der Waals surface area contributed by atoms with Gasteiger partial charge in [-0.05, 0) is 36.8 Å². The van der Waals surface area contributed by atoms with Crippen molar-refractivity contribution in [2.24, 2.45) is 0 Å². The average Bonchev–Trinajstić information content (AvgIpc) is 2.62. The van der Waals surface area contributed by atoms with Gasteiger partial charge in [0.2, 0.25) is 0 Å². The average molecular weight is 349 g/mol. The maximum Gasteiger partial charge on any atom is 0.102 e. The van der Waals surface area contributed by atoms with Crippen molar-refractivity contribution in [3.8, 4) is 0 Å². The largest absolute Gasteiger partial charge is 0.388 e. The van der Waals surface area contributed by atoms with Gasteiger partial charge in [0.1, 0.15) is 5.82 Å². The Hall–Kier alpha value is -1.62. The third-order valence-corrected chi connectivity index (χ3v) is 4.87. The number of rotatable bonds is 10. The zero-order valence-corrected chi connectivity index (χ0v) is 16.3. The second-order valence-corrected chi connectivity index (χ2v) is 6.91. The molecule has 0 saturated heterocycles. The highest BCUT2D eigenvalue weighted by Gasteiger charge is 2.15. The Morgan fingerprint density at radius 3 is 2.88 bits per heavy atom. The number of allylic oxidation sites excluding steroid dienone is 3. The van der Waals surface area contributed by atoms with Crippen molar-refractivity contribution in [3.05, 3.63) is 47.3 Å². The standard InChI is InChI=1S/C19H32N4S/c1-6-8-12-23(19-11-9-10-17(7-2)22-19)13-18(20)24-14-15(3)16(4)21-5/h9-11,14,17,20-22H,4,6-8,12-13H2,1-3,5H3/b15-14+,20-18?. The first-order valence-electron chi connectivity index (χ1n) is 8.69. The van der Waals surface area contributed by atoms with Crippen molar-refractivity contribution < 1.29 is 0 Å². The molecule has 4 nitrogen and oxygen atoms in total. The molecule has 134 valence electrons. The highest BCUT2D eigenvalue weighted by Crippen LogP contribution is 2.16. The third-order valence-electron chi connectivity index (χ3n) is 3.98. The molecule has 0 radical (unpaired) electrons. The van der Waals surface area contributed by atoms with Crippen LogP contribution in [0.2, 0.25) is 0 Å². The highest BCUT2D eigenvalue weighted by atomic mass is 32.2. The summed E-state index contributed by atoms with van der Waals surface area (Å²) in [5.74, 6) is 1.13. The van der Waals surface area contributed by atoms with Crippen LogP contribution in [-0.4, -0.2) is 36.1 Å². The Balaban J connectivity index is 2.69. The summed E-state index contributed by atoms with van der Waals surface area (Å²) >= 11 is 1.47. The Bertz CT molecular complexity index is 519. The van der Waals surface area contributed by atoms with Crippen LogP contribution in [-0.2, 0) is 0 Å². The van der Waals surface area contributed by atoms with Crippen molar-refractivity contribution in [3.63, 3.8) is 0 Å². The van der Waals surface area contributed by atoms with E-state index in [0.717, 1.165) is 42.9 Å². The fourth-order valence-corrected chi connectivity index (χ4v) is 2.97. The van der Waals surface area contributed by atoms with Crippen LogP contribution in [0.1, 0.15) is 40.0 Å². The van der Waals surface area contributed by atoms with E-state index in [-0.39, 0.29) is 0 Å². The van der Waals surface area contributed by atoms with Gasteiger partial charge in [-0.15, -0.1) is 0 Å². The number of hydrogen-bond donors (Lipinski definition) is 3. The first-order valence-corrected chi connectivity index (χ1v) is 9.57. The van der Waals surface area contributed by atoms with Crippen LogP contribution < -0.4 is 10.6 Å². The lowest BCUT2D eigenvalue weighted by molar-refractivity contribution is 0.342. The lowest BCUT2D eigenvalue weighted by Gasteiger charge is -2.31. The topological polar surface area (TPSA) is 51.2 Å². The smallest absolute Gasteiger partial charge is 0.102 e. The number of unbranched alkanes of at least 4 members (excludes halogenated alkanes) is 1. The molecule has 1 heterocycles. The molecule has 1 unspecified atom stereocenters. The van der Waals surface area contributed by atoms with Gasteiger partial charge < -0.3 is 15.5 Å². The van der Waals surface area contributed by atoms with Gasteiger partial charge in [0, 0.05) is 25.3 Å². The molecule has 0 aromatic rings. The van der Waals surface area contributed by atoms with E-state index in [0.29, 0.717) is 17.6 Å². The third kappa shape index (κ3) is 6.87. The van der Waals surface area contributed by atoms with E-state index in [1.165, 1.54) is 11.8 Å². The van der Waals surface area contributed by atoms with E-state index in [4.69, 9.17) is 5.41 Å². The molecule has 0 aromatic carbocycles. The fourth-order valence-electron chi connectivity index (χ4n) is 2.27. The van der Waals surface area contributed by atoms with Gasteiger partial charge in [0.25, 0.3) is 0 Å². The lowest BCUT2D eigenvalue weighted by Crippen LogP contribution is -2.40. The van der Waals surface area contributed by atoms with Crippen molar-refractivity contribution >= 4 is 16.8 Å². The predicted octanol–water partition coefficient (Wildman–Crippen LogP) is 4.22. The van der Waals surface area contributed by atoms with Gasteiger partial charge in [-0.25, -0.2) is 0 Å². The molecule has 5 heteroatoms. The number of likely N-dealkylation sites (N-methyl/N-ethyl adjacent to an activating group) is 1. The summed E-state index contributed by atoms with van der Waals surface area (Å²) in [6, 6.07) is 0.386. The summed E-state index contributed by atoms with van der Waals surface area (Å²) in [6.07, 6.45) is 9.77. The molecule has 0 amide bonds. The second-order valence-electron chi connectivity index (χ2n) is 5.94. The summed E-state index contributed by atoms with van der Waals surface area (Å²) < 4.78 is 0. The van der Waals surface area contributed by atoms with E-state index in [2.05, 4.69) is 54.2 Å². The van der Waals surface area contributed by atoms with Crippen LogP contribution in [0, 0.1) is 5.41 Å². The van der Waals surface area contributed by atoms with Crippen LogP contribution >= 0.6 is 11.8 Å². The molecule has 3 N–H and O–H groups in total. The van der Waals surface area contributed by atoms with Crippen molar-refractivity contribution in [1.82, 2.24) is 15.5 Å². The fraction of sp³-hybridized carbons (Fsp3) is 0.526. The molecule has 24 heavy (non-hydrogen) atoms. The van der Waals surface area contributed by atoms with Crippen LogP contribution in [0.5, 0.6) is 0 Å². The van der Waals surface area contributed by atoms with Crippen LogP contribution in [0.25, 0.3) is 0 Å². The second kappa shape index (κ2) is 11.0. The van der Waals surface area contributed by atoms with Gasteiger partial charge in [-0.3, -0.25) is 5.41 Å². The number of nitrogens with zero attached hydrogens (tertiary/aromatic N) is 1. The molecule has 1 atom stereocenters. The summed E-state index contributed by atoms with van der Waals surface area (Å²) in [7, 11) is 1.86. The van der Waals surface area contributed by atoms with E-state index >= 15 is 0 Å². The Morgan fingerprint density at radius 2 is 2.25 bits per heavy atom. The van der Waals surface area contributed by atoms with Crippen molar-refractivity contribution in [2.75, 3.05) is 20.1 Å². The molecule has 1 aliphatic heterocycles. The molecule has 0 spiro atoms. The molecule has 0 saturated carbocycles. The van der Waals surface area contributed by atoms with E-state index < -0.39 is 0 Å². The van der Waals surface area contributed by atoms with Crippen LogP contribution in [0.3, 0.4) is 0 Å². The Labute approximate surface area is 151 Å². The Kier molecular flexibility index (Phi) is 9.38. The van der Waals surface area contributed by atoms with Crippen LogP contribution in [0.15, 0.2) is 47.3 Å². The highest BCUT2D eigenvalue weighted by molar-refractivity contribution is 8.16. The van der Waals surface area contributed by atoms with E-state index in [9.17, 15) is 0 Å². The molecule has 0 aliphatic carbocycles. The van der Waals surface area contributed by atoms with Gasteiger partial charge in [-0.1, -0.05) is 50.8 Å². The number of dihydropyridines is 1. The maximum absolute atomic E-state index is 8.31. The monoisotopic (exact) mass is 348 g/mol. The number of thioether (sulfide) groups is 1. The Morgan fingerprint density at radius 1 is 1.50 bits per heavy atom. The van der Waals surface area contributed by atoms with E-state index in [1.807, 2.05) is 19.4 Å². The maximum atomic E-state index is 8.31. The van der Waals surface area contributed by atoms with Gasteiger partial charge in [-0.2, -0.15) is 0 Å². The van der Waals surface area contributed by atoms with Crippen LogP contribution in [0.4, 0.5) is 0 Å².